The molecule has 1 aliphatic carbocycles. The Balaban J connectivity index is 2.09. The molecule has 18 heavy (non-hydrogen) atoms. The molecule has 0 unspecified atom stereocenters. The van der Waals surface area contributed by atoms with Gasteiger partial charge in [-0.05, 0) is 38.2 Å². The van der Waals surface area contributed by atoms with Crippen LogP contribution in [-0.2, 0) is 0 Å². The first-order valence-corrected chi connectivity index (χ1v) is 6.57. The fourth-order valence-electron chi connectivity index (χ4n) is 2.60. The molecule has 0 amide bonds. The number of allylic oxidation sites excluding steroid dienone is 2. The maximum atomic E-state index is 5.54. The van der Waals surface area contributed by atoms with E-state index in [1.165, 1.54) is 30.4 Å². The van der Waals surface area contributed by atoms with Gasteiger partial charge in [-0.15, -0.1) is 0 Å². The molecule has 1 aliphatic rings. The molecule has 1 aromatic heterocycles. The Bertz CT molecular complexity index is 566. The molecule has 3 rings (SSSR count). The Morgan fingerprint density at radius 2 is 1.94 bits per heavy atom. The number of hydrogen-bond donors (Lipinski definition) is 0. The van der Waals surface area contributed by atoms with Gasteiger partial charge in [-0.2, -0.15) is 0 Å². The molecule has 0 spiro atoms. The zero-order chi connectivity index (χ0) is 12.4. The summed E-state index contributed by atoms with van der Waals surface area (Å²) < 4.78 is 5.54. The summed E-state index contributed by atoms with van der Waals surface area (Å²) >= 11 is 0. The van der Waals surface area contributed by atoms with Gasteiger partial charge >= 0.3 is 0 Å². The second kappa shape index (κ2) is 4.81. The molecule has 0 saturated carbocycles. The zero-order valence-corrected chi connectivity index (χ0v) is 10.6. The van der Waals surface area contributed by atoms with Crippen LogP contribution in [0.25, 0.3) is 16.9 Å². The van der Waals surface area contributed by atoms with Crippen molar-refractivity contribution in [1.29, 1.82) is 0 Å². The summed E-state index contributed by atoms with van der Waals surface area (Å²) in [5.41, 5.74) is 4.72. The lowest BCUT2D eigenvalue weighted by Gasteiger charge is -2.12. The van der Waals surface area contributed by atoms with Gasteiger partial charge in [-0.3, -0.25) is 0 Å². The molecule has 92 valence electrons. The normalized spacial score (nSPS) is 15.5. The Morgan fingerprint density at radius 3 is 2.67 bits per heavy atom. The van der Waals surface area contributed by atoms with Crippen LogP contribution < -0.4 is 0 Å². The van der Waals surface area contributed by atoms with Crippen molar-refractivity contribution in [3.8, 4) is 11.3 Å². The molecule has 0 N–H and O–H groups in total. The highest BCUT2D eigenvalue weighted by Crippen LogP contribution is 2.36. The largest absolute Gasteiger partial charge is 0.355 e. The van der Waals surface area contributed by atoms with E-state index in [0.29, 0.717) is 0 Å². The minimum atomic E-state index is 0.918. The van der Waals surface area contributed by atoms with Gasteiger partial charge in [0, 0.05) is 11.1 Å². The van der Waals surface area contributed by atoms with Gasteiger partial charge in [0.1, 0.15) is 0 Å². The number of nitrogens with zero attached hydrogens (tertiary/aromatic N) is 1. The van der Waals surface area contributed by atoms with Crippen LogP contribution in [0.1, 0.15) is 36.9 Å². The van der Waals surface area contributed by atoms with Crippen LogP contribution in [0.4, 0.5) is 0 Å². The summed E-state index contributed by atoms with van der Waals surface area (Å²) in [6.07, 6.45) is 7.23. The standard InChI is InChI=1S/C16H17NO/c1-12-15(13-8-4-2-5-9-13)16(18-17-12)14-10-6-3-7-11-14/h3,6-8,10-11H,2,4-5,9H2,1H3. The van der Waals surface area contributed by atoms with Crippen molar-refractivity contribution in [2.24, 2.45) is 0 Å². The van der Waals surface area contributed by atoms with Gasteiger partial charge < -0.3 is 4.52 Å². The minimum absolute atomic E-state index is 0.918. The Kier molecular flexibility index (Phi) is 3.01. The van der Waals surface area contributed by atoms with Crippen molar-refractivity contribution in [1.82, 2.24) is 5.16 Å². The van der Waals surface area contributed by atoms with Crippen molar-refractivity contribution in [2.45, 2.75) is 32.6 Å². The smallest absolute Gasteiger partial charge is 0.174 e. The fourth-order valence-corrected chi connectivity index (χ4v) is 2.60. The summed E-state index contributed by atoms with van der Waals surface area (Å²) in [6.45, 7) is 2.03. The van der Waals surface area contributed by atoms with Gasteiger partial charge in [0.05, 0.1) is 5.69 Å². The van der Waals surface area contributed by atoms with E-state index in [0.717, 1.165) is 23.4 Å². The van der Waals surface area contributed by atoms with Gasteiger partial charge in [0.15, 0.2) is 5.76 Å². The Hall–Kier alpha value is -1.83. The van der Waals surface area contributed by atoms with Crippen LogP contribution in [0.5, 0.6) is 0 Å². The van der Waals surface area contributed by atoms with Crippen molar-refractivity contribution < 1.29 is 4.52 Å². The van der Waals surface area contributed by atoms with Crippen LogP contribution in [0.2, 0.25) is 0 Å². The quantitative estimate of drug-likeness (QED) is 0.765. The van der Waals surface area contributed by atoms with Gasteiger partial charge in [-0.25, -0.2) is 0 Å². The molecule has 0 aliphatic heterocycles. The lowest BCUT2D eigenvalue weighted by atomic mass is 9.91. The van der Waals surface area contributed by atoms with Crippen LogP contribution in [0.3, 0.4) is 0 Å². The highest BCUT2D eigenvalue weighted by Gasteiger charge is 2.19. The van der Waals surface area contributed by atoms with E-state index in [2.05, 4.69) is 23.4 Å². The molecular weight excluding hydrogens is 222 g/mol. The highest BCUT2D eigenvalue weighted by molar-refractivity contribution is 5.79. The van der Waals surface area contributed by atoms with E-state index in [9.17, 15) is 0 Å². The second-order valence-corrected chi connectivity index (χ2v) is 4.81. The third-order valence-corrected chi connectivity index (χ3v) is 3.51. The maximum absolute atomic E-state index is 5.54. The first kappa shape index (κ1) is 11.3. The lowest BCUT2D eigenvalue weighted by molar-refractivity contribution is 0.427. The molecule has 0 bridgehead atoms. The molecule has 2 aromatic rings. The van der Waals surface area contributed by atoms with Crippen molar-refractivity contribution >= 4 is 5.57 Å². The molecule has 0 atom stereocenters. The topological polar surface area (TPSA) is 26.0 Å². The molecule has 0 fully saturated rings. The molecule has 0 radical (unpaired) electrons. The number of hydrogen-bond acceptors (Lipinski definition) is 2. The summed E-state index contributed by atoms with van der Waals surface area (Å²) in [4.78, 5) is 0. The first-order valence-electron chi connectivity index (χ1n) is 6.57. The summed E-state index contributed by atoms with van der Waals surface area (Å²) in [5, 5.41) is 4.15. The minimum Gasteiger partial charge on any atom is -0.355 e. The average Bonchev–Trinajstić information content (AvgIpc) is 2.83. The summed E-state index contributed by atoms with van der Waals surface area (Å²) in [5.74, 6) is 0.918. The Labute approximate surface area is 107 Å². The van der Waals surface area contributed by atoms with E-state index in [1.807, 2.05) is 25.1 Å². The number of aromatic nitrogens is 1. The Morgan fingerprint density at radius 1 is 1.11 bits per heavy atom. The van der Waals surface area contributed by atoms with E-state index < -0.39 is 0 Å². The summed E-state index contributed by atoms with van der Waals surface area (Å²) in [7, 11) is 0. The van der Waals surface area contributed by atoms with E-state index in [-0.39, 0.29) is 0 Å². The van der Waals surface area contributed by atoms with Crippen LogP contribution in [0, 0.1) is 6.92 Å². The van der Waals surface area contributed by atoms with Gasteiger partial charge in [0.2, 0.25) is 0 Å². The molecule has 2 heteroatoms. The molecular formula is C16H17NO. The third-order valence-electron chi connectivity index (χ3n) is 3.51. The molecule has 1 heterocycles. The molecule has 2 nitrogen and oxygen atoms in total. The molecule has 1 aromatic carbocycles. The van der Waals surface area contributed by atoms with Gasteiger partial charge in [0.25, 0.3) is 0 Å². The van der Waals surface area contributed by atoms with E-state index in [1.54, 1.807) is 0 Å². The van der Waals surface area contributed by atoms with Gasteiger partial charge in [-0.1, -0.05) is 41.6 Å². The number of rotatable bonds is 2. The highest BCUT2D eigenvalue weighted by atomic mass is 16.5. The van der Waals surface area contributed by atoms with Crippen LogP contribution >= 0.6 is 0 Å². The van der Waals surface area contributed by atoms with Crippen molar-refractivity contribution in [2.75, 3.05) is 0 Å². The number of aryl methyl sites for hydroxylation is 1. The SMILES string of the molecule is Cc1noc(-c2ccccc2)c1C1=CCCCC1. The first-order chi connectivity index (χ1) is 8.86. The van der Waals surface area contributed by atoms with Crippen molar-refractivity contribution in [3.05, 3.63) is 47.7 Å². The monoisotopic (exact) mass is 239 g/mol. The maximum Gasteiger partial charge on any atom is 0.174 e. The predicted molar refractivity (Wildman–Crippen MR) is 73.1 cm³/mol. The van der Waals surface area contributed by atoms with E-state index >= 15 is 0 Å². The van der Waals surface area contributed by atoms with Crippen LogP contribution in [0.15, 0.2) is 40.9 Å². The average molecular weight is 239 g/mol. The summed E-state index contributed by atoms with van der Waals surface area (Å²) in [6, 6.07) is 10.2. The fraction of sp³-hybridized carbons (Fsp3) is 0.312. The van der Waals surface area contributed by atoms with E-state index in [4.69, 9.17) is 4.52 Å². The van der Waals surface area contributed by atoms with Crippen molar-refractivity contribution in [3.63, 3.8) is 0 Å². The number of benzene rings is 1. The predicted octanol–water partition coefficient (Wildman–Crippen LogP) is 4.61. The molecule has 0 saturated heterocycles. The second-order valence-electron chi connectivity index (χ2n) is 4.81. The zero-order valence-electron chi connectivity index (χ0n) is 10.6. The van der Waals surface area contributed by atoms with Crippen LogP contribution in [-0.4, -0.2) is 5.16 Å². The lowest BCUT2D eigenvalue weighted by Crippen LogP contribution is -1.94. The third kappa shape index (κ3) is 1.99.